The van der Waals surface area contributed by atoms with Gasteiger partial charge >= 0.3 is 0 Å². The fourth-order valence-corrected chi connectivity index (χ4v) is 3.00. The van der Waals surface area contributed by atoms with E-state index in [0.29, 0.717) is 34.0 Å². The summed E-state index contributed by atoms with van der Waals surface area (Å²) in [7, 11) is 3.37. The fourth-order valence-electron chi connectivity index (χ4n) is 2.50. The molecule has 1 N–H and O–H groups in total. The van der Waals surface area contributed by atoms with Crippen molar-refractivity contribution in [1.29, 1.82) is 0 Å². The van der Waals surface area contributed by atoms with Crippen LogP contribution in [0, 0.1) is 0 Å². The summed E-state index contributed by atoms with van der Waals surface area (Å²) < 4.78 is 10.4. The standard InChI is InChI=1S/C19H18Cl2N4O3/c1-25(10-16(26)22-18-14(20)4-3-5-15(18)21)11-17-23-19(24-28-17)12-6-8-13(27-2)9-7-12/h3-9H,10-11H2,1-2H3,(H,22,26). The number of para-hydroxylation sites is 1. The van der Waals surface area contributed by atoms with Gasteiger partial charge in [0.15, 0.2) is 0 Å². The predicted octanol–water partition coefficient (Wildman–Crippen LogP) is 4.12. The molecule has 0 fully saturated rings. The van der Waals surface area contributed by atoms with E-state index in [1.807, 2.05) is 24.3 Å². The Hall–Kier alpha value is -2.61. The molecule has 3 rings (SSSR count). The Morgan fingerprint density at radius 1 is 1.18 bits per heavy atom. The second kappa shape index (κ2) is 9.05. The van der Waals surface area contributed by atoms with Gasteiger partial charge in [-0.2, -0.15) is 4.98 Å². The third kappa shape index (κ3) is 5.01. The summed E-state index contributed by atoms with van der Waals surface area (Å²) in [6, 6.07) is 12.4. The summed E-state index contributed by atoms with van der Waals surface area (Å²) in [6.07, 6.45) is 0. The van der Waals surface area contributed by atoms with Gasteiger partial charge in [-0.05, 0) is 43.4 Å². The van der Waals surface area contributed by atoms with Crippen LogP contribution in [0.5, 0.6) is 5.75 Å². The van der Waals surface area contributed by atoms with Crippen molar-refractivity contribution in [3.8, 4) is 17.1 Å². The highest BCUT2D eigenvalue weighted by Crippen LogP contribution is 2.29. The van der Waals surface area contributed by atoms with E-state index < -0.39 is 0 Å². The molecule has 0 bridgehead atoms. The first kappa shape index (κ1) is 20.1. The second-order valence-corrected chi connectivity index (χ2v) is 6.87. The average Bonchev–Trinajstić information content (AvgIpc) is 3.13. The first-order valence-electron chi connectivity index (χ1n) is 8.35. The quantitative estimate of drug-likeness (QED) is 0.618. The lowest BCUT2D eigenvalue weighted by molar-refractivity contribution is -0.117. The van der Waals surface area contributed by atoms with Crippen LogP contribution < -0.4 is 10.1 Å². The molecule has 9 heteroatoms. The number of amides is 1. The molecule has 0 atom stereocenters. The van der Waals surface area contributed by atoms with E-state index in [4.69, 9.17) is 32.5 Å². The summed E-state index contributed by atoms with van der Waals surface area (Å²) in [5.74, 6) is 1.36. The van der Waals surface area contributed by atoms with Crippen molar-refractivity contribution in [2.24, 2.45) is 0 Å². The summed E-state index contributed by atoms with van der Waals surface area (Å²) >= 11 is 12.1. The molecule has 0 aliphatic carbocycles. The van der Waals surface area contributed by atoms with E-state index in [0.717, 1.165) is 11.3 Å². The van der Waals surface area contributed by atoms with E-state index in [1.54, 1.807) is 37.3 Å². The molecular weight excluding hydrogens is 403 g/mol. The number of carbonyl (C=O) groups excluding carboxylic acids is 1. The van der Waals surface area contributed by atoms with E-state index >= 15 is 0 Å². The molecule has 0 aliphatic rings. The highest BCUT2D eigenvalue weighted by Gasteiger charge is 2.15. The lowest BCUT2D eigenvalue weighted by atomic mass is 10.2. The van der Waals surface area contributed by atoms with Crippen molar-refractivity contribution < 1.29 is 14.1 Å². The number of nitrogens with one attached hydrogen (secondary N) is 1. The molecule has 0 saturated heterocycles. The van der Waals surface area contributed by atoms with Gasteiger partial charge in [-0.3, -0.25) is 9.69 Å². The molecule has 0 saturated carbocycles. The Balaban J connectivity index is 1.58. The molecule has 28 heavy (non-hydrogen) atoms. The number of anilines is 1. The van der Waals surface area contributed by atoms with E-state index in [-0.39, 0.29) is 12.5 Å². The molecule has 0 aliphatic heterocycles. The highest BCUT2D eigenvalue weighted by atomic mass is 35.5. The van der Waals surface area contributed by atoms with Crippen molar-refractivity contribution in [3.63, 3.8) is 0 Å². The number of carbonyl (C=O) groups is 1. The number of methoxy groups -OCH3 is 1. The Labute approximate surface area is 172 Å². The lowest BCUT2D eigenvalue weighted by Gasteiger charge is -2.15. The number of nitrogens with zero attached hydrogens (tertiary/aromatic N) is 3. The van der Waals surface area contributed by atoms with Crippen molar-refractivity contribution in [1.82, 2.24) is 15.0 Å². The van der Waals surface area contributed by atoms with E-state index in [9.17, 15) is 4.79 Å². The molecule has 1 heterocycles. The van der Waals surface area contributed by atoms with Gasteiger partial charge in [0.2, 0.25) is 17.6 Å². The highest BCUT2D eigenvalue weighted by molar-refractivity contribution is 6.39. The van der Waals surface area contributed by atoms with Gasteiger partial charge in [-0.15, -0.1) is 0 Å². The SMILES string of the molecule is COc1ccc(-c2noc(CN(C)CC(=O)Nc3c(Cl)cccc3Cl)n2)cc1. The van der Waals surface area contributed by atoms with Gasteiger partial charge in [-0.25, -0.2) is 0 Å². The lowest BCUT2D eigenvalue weighted by Crippen LogP contribution is -2.30. The van der Waals surface area contributed by atoms with Crippen LogP contribution in [-0.2, 0) is 11.3 Å². The Bertz CT molecular complexity index is 940. The molecule has 0 spiro atoms. The van der Waals surface area contributed by atoms with Crippen LogP contribution in [0.25, 0.3) is 11.4 Å². The molecule has 0 radical (unpaired) electrons. The number of ether oxygens (including phenoxy) is 1. The van der Waals surface area contributed by atoms with Gasteiger partial charge in [0.1, 0.15) is 5.75 Å². The zero-order valence-corrected chi connectivity index (χ0v) is 16.8. The molecule has 146 valence electrons. The fraction of sp³-hybridized carbons (Fsp3) is 0.211. The molecule has 2 aromatic carbocycles. The number of likely N-dealkylation sites (N-methyl/N-ethyl adjacent to an activating group) is 1. The van der Waals surface area contributed by atoms with Crippen LogP contribution in [0.3, 0.4) is 0 Å². The maximum absolute atomic E-state index is 12.3. The Morgan fingerprint density at radius 3 is 2.50 bits per heavy atom. The molecule has 1 amide bonds. The first-order valence-corrected chi connectivity index (χ1v) is 9.11. The van der Waals surface area contributed by atoms with Crippen LogP contribution in [0.15, 0.2) is 47.0 Å². The second-order valence-electron chi connectivity index (χ2n) is 6.06. The van der Waals surface area contributed by atoms with Gasteiger partial charge < -0.3 is 14.6 Å². The first-order chi connectivity index (χ1) is 13.5. The smallest absolute Gasteiger partial charge is 0.241 e. The topological polar surface area (TPSA) is 80.5 Å². The van der Waals surface area contributed by atoms with E-state index in [1.165, 1.54) is 0 Å². The monoisotopic (exact) mass is 420 g/mol. The van der Waals surface area contributed by atoms with E-state index in [2.05, 4.69) is 15.5 Å². The molecular formula is C19H18Cl2N4O3. The molecule has 1 aromatic heterocycles. The number of hydrogen-bond donors (Lipinski definition) is 1. The van der Waals surface area contributed by atoms with Gasteiger partial charge in [0, 0.05) is 5.56 Å². The van der Waals surface area contributed by atoms with Crippen molar-refractivity contribution in [2.75, 3.05) is 26.0 Å². The third-order valence-electron chi connectivity index (χ3n) is 3.86. The van der Waals surface area contributed by atoms with Gasteiger partial charge in [-0.1, -0.05) is 34.4 Å². The van der Waals surface area contributed by atoms with Crippen molar-refractivity contribution in [3.05, 3.63) is 58.4 Å². The summed E-state index contributed by atoms with van der Waals surface area (Å²) in [4.78, 5) is 18.4. The van der Waals surface area contributed by atoms with Crippen molar-refractivity contribution in [2.45, 2.75) is 6.54 Å². The summed E-state index contributed by atoms with van der Waals surface area (Å²) in [5, 5.41) is 7.45. The summed E-state index contributed by atoms with van der Waals surface area (Å²) in [5.41, 5.74) is 1.20. The third-order valence-corrected chi connectivity index (χ3v) is 4.49. The minimum atomic E-state index is -0.257. The van der Waals surface area contributed by atoms with Gasteiger partial charge in [0.25, 0.3) is 0 Å². The maximum atomic E-state index is 12.3. The van der Waals surface area contributed by atoms with Crippen LogP contribution in [0.4, 0.5) is 5.69 Å². The number of benzene rings is 2. The predicted molar refractivity (Wildman–Crippen MR) is 108 cm³/mol. The zero-order chi connectivity index (χ0) is 20.1. The number of halogens is 2. The summed E-state index contributed by atoms with van der Waals surface area (Å²) in [6.45, 7) is 0.411. The Kier molecular flexibility index (Phi) is 6.51. The minimum absolute atomic E-state index is 0.0990. The number of hydrogen-bond acceptors (Lipinski definition) is 6. The molecule has 3 aromatic rings. The molecule has 7 nitrogen and oxygen atoms in total. The van der Waals surface area contributed by atoms with Crippen LogP contribution >= 0.6 is 23.2 Å². The van der Waals surface area contributed by atoms with Gasteiger partial charge in [0.05, 0.1) is 35.9 Å². The number of rotatable bonds is 7. The van der Waals surface area contributed by atoms with Crippen LogP contribution in [0.2, 0.25) is 10.0 Å². The van der Waals surface area contributed by atoms with Crippen LogP contribution in [0.1, 0.15) is 5.89 Å². The maximum Gasteiger partial charge on any atom is 0.241 e. The largest absolute Gasteiger partial charge is 0.497 e. The molecule has 0 unspecified atom stereocenters. The number of aromatic nitrogens is 2. The van der Waals surface area contributed by atoms with Crippen molar-refractivity contribution >= 4 is 34.8 Å². The van der Waals surface area contributed by atoms with Crippen LogP contribution in [-0.4, -0.2) is 41.6 Å². The average molecular weight is 421 g/mol. The normalized spacial score (nSPS) is 10.9. The Morgan fingerprint density at radius 2 is 1.86 bits per heavy atom. The minimum Gasteiger partial charge on any atom is -0.497 e. The zero-order valence-electron chi connectivity index (χ0n) is 15.3.